The largest absolute Gasteiger partial charge is 0.497 e. The molecule has 1 aliphatic heterocycles. The van der Waals surface area contributed by atoms with E-state index in [2.05, 4.69) is 10.3 Å². The van der Waals surface area contributed by atoms with E-state index in [4.69, 9.17) is 16.2 Å². The van der Waals surface area contributed by atoms with E-state index in [-0.39, 0.29) is 0 Å². The van der Waals surface area contributed by atoms with Gasteiger partial charge in [0.05, 0.1) is 7.11 Å². The van der Waals surface area contributed by atoms with Crippen molar-refractivity contribution in [2.75, 3.05) is 7.11 Å². The van der Waals surface area contributed by atoms with Crippen LogP contribution >= 0.6 is 0 Å². The SMILES string of the molecule is COc1cccc(C2(N)C=CNC(N)=N2)c1. The van der Waals surface area contributed by atoms with Crippen molar-refractivity contribution < 1.29 is 4.74 Å². The quantitative estimate of drug-likeness (QED) is 0.663. The van der Waals surface area contributed by atoms with E-state index in [9.17, 15) is 0 Å². The summed E-state index contributed by atoms with van der Waals surface area (Å²) in [5, 5.41) is 2.77. The van der Waals surface area contributed by atoms with Crippen molar-refractivity contribution in [1.29, 1.82) is 0 Å². The summed E-state index contributed by atoms with van der Waals surface area (Å²) in [6.45, 7) is 0. The highest BCUT2D eigenvalue weighted by atomic mass is 16.5. The number of aliphatic imine (C=N–C) groups is 1. The first kappa shape index (κ1) is 10.5. The molecule has 1 unspecified atom stereocenters. The van der Waals surface area contributed by atoms with E-state index < -0.39 is 5.66 Å². The molecular weight excluding hydrogens is 204 g/mol. The number of ether oxygens (including phenoxy) is 1. The van der Waals surface area contributed by atoms with Gasteiger partial charge in [0, 0.05) is 11.8 Å². The maximum absolute atomic E-state index is 6.14. The Kier molecular flexibility index (Phi) is 2.54. The Hall–Kier alpha value is -2.01. The monoisotopic (exact) mass is 218 g/mol. The smallest absolute Gasteiger partial charge is 0.195 e. The Morgan fingerprint density at radius 1 is 1.44 bits per heavy atom. The second-order valence-electron chi connectivity index (χ2n) is 3.53. The maximum atomic E-state index is 6.14. The van der Waals surface area contributed by atoms with Gasteiger partial charge in [0.15, 0.2) is 11.6 Å². The van der Waals surface area contributed by atoms with Crippen LogP contribution in [0.1, 0.15) is 5.56 Å². The van der Waals surface area contributed by atoms with E-state index in [1.54, 1.807) is 19.4 Å². The molecule has 2 rings (SSSR count). The number of rotatable bonds is 2. The molecule has 0 aliphatic carbocycles. The van der Waals surface area contributed by atoms with Gasteiger partial charge in [-0.3, -0.25) is 5.73 Å². The fourth-order valence-corrected chi connectivity index (χ4v) is 1.56. The molecule has 0 spiro atoms. The first-order chi connectivity index (χ1) is 7.64. The highest BCUT2D eigenvalue weighted by molar-refractivity contribution is 5.80. The lowest BCUT2D eigenvalue weighted by Gasteiger charge is -2.25. The number of guanidine groups is 1. The molecule has 5 N–H and O–H groups in total. The van der Waals surface area contributed by atoms with E-state index in [0.29, 0.717) is 5.96 Å². The lowest BCUT2D eigenvalue weighted by molar-refractivity contribution is 0.412. The maximum Gasteiger partial charge on any atom is 0.195 e. The number of nitrogens with zero attached hydrogens (tertiary/aromatic N) is 1. The molecule has 5 nitrogen and oxygen atoms in total. The molecule has 5 heteroatoms. The van der Waals surface area contributed by atoms with Crippen LogP contribution in [-0.2, 0) is 5.66 Å². The third kappa shape index (κ3) is 1.85. The molecule has 1 aromatic rings. The lowest BCUT2D eigenvalue weighted by Crippen LogP contribution is -2.42. The van der Waals surface area contributed by atoms with E-state index in [0.717, 1.165) is 11.3 Å². The van der Waals surface area contributed by atoms with Crippen molar-refractivity contribution in [3.8, 4) is 5.75 Å². The third-order valence-electron chi connectivity index (χ3n) is 2.41. The molecule has 0 fully saturated rings. The first-order valence-corrected chi connectivity index (χ1v) is 4.87. The zero-order valence-corrected chi connectivity index (χ0v) is 8.97. The van der Waals surface area contributed by atoms with Gasteiger partial charge < -0.3 is 15.8 Å². The highest BCUT2D eigenvalue weighted by Crippen LogP contribution is 2.26. The molecule has 84 valence electrons. The van der Waals surface area contributed by atoms with Gasteiger partial charge in [-0.1, -0.05) is 12.1 Å². The minimum absolute atomic E-state index is 0.299. The van der Waals surface area contributed by atoms with Gasteiger partial charge >= 0.3 is 0 Å². The molecule has 0 aromatic heterocycles. The summed E-state index contributed by atoms with van der Waals surface area (Å²) in [7, 11) is 1.61. The molecule has 0 radical (unpaired) electrons. The number of nitrogens with one attached hydrogen (secondary N) is 1. The summed E-state index contributed by atoms with van der Waals surface area (Å²) >= 11 is 0. The zero-order chi connectivity index (χ0) is 11.6. The van der Waals surface area contributed by atoms with Crippen LogP contribution < -0.4 is 21.5 Å². The average Bonchev–Trinajstić information content (AvgIpc) is 2.29. The molecule has 0 saturated heterocycles. The van der Waals surface area contributed by atoms with Crippen molar-refractivity contribution in [1.82, 2.24) is 5.32 Å². The Morgan fingerprint density at radius 3 is 2.94 bits per heavy atom. The van der Waals surface area contributed by atoms with Crippen molar-refractivity contribution in [3.63, 3.8) is 0 Å². The molecule has 16 heavy (non-hydrogen) atoms. The van der Waals surface area contributed by atoms with Gasteiger partial charge in [0.1, 0.15) is 5.75 Å². The molecule has 0 saturated carbocycles. The van der Waals surface area contributed by atoms with Crippen LogP contribution in [0.25, 0.3) is 0 Å². The van der Waals surface area contributed by atoms with E-state index in [1.807, 2.05) is 24.3 Å². The summed E-state index contributed by atoms with van der Waals surface area (Å²) in [5.74, 6) is 1.04. The molecule has 1 aliphatic rings. The topological polar surface area (TPSA) is 85.7 Å². The predicted molar refractivity (Wildman–Crippen MR) is 62.8 cm³/mol. The lowest BCUT2D eigenvalue weighted by atomic mass is 10.00. The van der Waals surface area contributed by atoms with Crippen molar-refractivity contribution in [2.24, 2.45) is 16.5 Å². The summed E-state index contributed by atoms with van der Waals surface area (Å²) in [6.07, 6.45) is 3.43. The second kappa shape index (κ2) is 3.86. The Balaban J connectivity index is 2.42. The van der Waals surface area contributed by atoms with Gasteiger partial charge in [-0.2, -0.15) is 0 Å². The van der Waals surface area contributed by atoms with Crippen LogP contribution in [0, 0.1) is 0 Å². The molecule has 1 aromatic carbocycles. The standard InChI is InChI=1S/C11H14N4O/c1-16-9-4-2-3-8(7-9)11(13)5-6-14-10(12)15-11/h2-7H,13H2,1H3,(H3,12,14,15). The minimum atomic E-state index is -0.927. The molecule has 0 amide bonds. The van der Waals surface area contributed by atoms with Crippen molar-refractivity contribution >= 4 is 5.96 Å². The van der Waals surface area contributed by atoms with Crippen LogP contribution in [0.15, 0.2) is 41.5 Å². The second-order valence-corrected chi connectivity index (χ2v) is 3.53. The average molecular weight is 218 g/mol. The predicted octanol–water partition coefficient (Wildman–Crippen LogP) is 0.238. The zero-order valence-electron chi connectivity index (χ0n) is 8.97. The van der Waals surface area contributed by atoms with Gasteiger partial charge in [0.25, 0.3) is 0 Å². The summed E-state index contributed by atoms with van der Waals surface area (Å²) in [6, 6.07) is 7.44. The molecular formula is C11H14N4O. The van der Waals surface area contributed by atoms with Gasteiger partial charge in [-0.05, 0) is 18.2 Å². The summed E-state index contributed by atoms with van der Waals surface area (Å²) in [4.78, 5) is 4.18. The summed E-state index contributed by atoms with van der Waals surface area (Å²) < 4.78 is 5.14. The summed E-state index contributed by atoms with van der Waals surface area (Å²) in [5.41, 5.74) is 11.6. The Labute approximate surface area is 93.8 Å². The normalized spacial score (nSPS) is 23.5. The molecule has 0 bridgehead atoms. The Morgan fingerprint density at radius 2 is 2.25 bits per heavy atom. The van der Waals surface area contributed by atoms with Crippen LogP contribution in [0.2, 0.25) is 0 Å². The van der Waals surface area contributed by atoms with E-state index in [1.165, 1.54) is 0 Å². The van der Waals surface area contributed by atoms with Crippen molar-refractivity contribution in [3.05, 3.63) is 42.1 Å². The number of methoxy groups -OCH3 is 1. The van der Waals surface area contributed by atoms with Crippen LogP contribution in [-0.4, -0.2) is 13.1 Å². The fourth-order valence-electron chi connectivity index (χ4n) is 1.56. The van der Waals surface area contributed by atoms with Crippen LogP contribution in [0.5, 0.6) is 5.75 Å². The third-order valence-corrected chi connectivity index (χ3v) is 2.41. The first-order valence-electron chi connectivity index (χ1n) is 4.87. The fraction of sp³-hybridized carbons (Fsp3) is 0.182. The molecule has 1 atom stereocenters. The van der Waals surface area contributed by atoms with Crippen LogP contribution in [0.4, 0.5) is 0 Å². The number of nitrogens with two attached hydrogens (primary N) is 2. The number of hydrogen-bond acceptors (Lipinski definition) is 5. The Bertz CT molecular complexity index is 455. The van der Waals surface area contributed by atoms with Gasteiger partial charge in [-0.15, -0.1) is 0 Å². The van der Waals surface area contributed by atoms with Gasteiger partial charge in [-0.25, -0.2) is 4.99 Å². The number of hydrogen-bond donors (Lipinski definition) is 3. The number of benzene rings is 1. The van der Waals surface area contributed by atoms with Crippen LogP contribution in [0.3, 0.4) is 0 Å². The van der Waals surface area contributed by atoms with E-state index >= 15 is 0 Å². The van der Waals surface area contributed by atoms with Crippen molar-refractivity contribution in [2.45, 2.75) is 5.66 Å². The highest BCUT2D eigenvalue weighted by Gasteiger charge is 2.26. The minimum Gasteiger partial charge on any atom is -0.497 e. The van der Waals surface area contributed by atoms with Gasteiger partial charge in [0.2, 0.25) is 0 Å². The molecule has 1 heterocycles.